The molecule has 0 spiro atoms. The van der Waals surface area contributed by atoms with Crippen LogP contribution < -0.4 is 0 Å². The Bertz CT molecular complexity index is 182. The number of rotatable bonds is 5. The van der Waals surface area contributed by atoms with Crippen molar-refractivity contribution < 1.29 is 14.3 Å². The summed E-state index contributed by atoms with van der Waals surface area (Å²) in [6.45, 7) is 5.87. The van der Waals surface area contributed by atoms with Crippen molar-refractivity contribution in [2.45, 2.75) is 6.92 Å². The molecule has 0 fully saturated rings. The number of esters is 1. The van der Waals surface area contributed by atoms with Crippen LogP contribution in [-0.4, -0.2) is 26.3 Å². The Balaban J connectivity index is 4.19. The maximum Gasteiger partial charge on any atom is 0.336 e. The first-order chi connectivity index (χ1) is 5.76. The summed E-state index contributed by atoms with van der Waals surface area (Å²) < 4.78 is 9.58. The summed E-state index contributed by atoms with van der Waals surface area (Å²) in [5.74, 6) is -0.348. The molecule has 0 bridgehead atoms. The molecule has 0 heterocycles. The van der Waals surface area contributed by atoms with Gasteiger partial charge in [0.2, 0.25) is 0 Å². The Morgan fingerprint density at radius 1 is 1.58 bits per heavy atom. The van der Waals surface area contributed by atoms with E-state index < -0.39 is 0 Å². The van der Waals surface area contributed by atoms with Crippen molar-refractivity contribution in [1.82, 2.24) is 0 Å². The predicted molar refractivity (Wildman–Crippen MR) is 46.8 cm³/mol. The van der Waals surface area contributed by atoms with Gasteiger partial charge in [0, 0.05) is 7.11 Å². The van der Waals surface area contributed by atoms with Crippen molar-refractivity contribution in [2.24, 2.45) is 0 Å². The van der Waals surface area contributed by atoms with Crippen LogP contribution in [0.1, 0.15) is 6.92 Å². The van der Waals surface area contributed by atoms with E-state index in [0.717, 1.165) is 0 Å². The fraction of sp³-hybridized carbons (Fsp3) is 0.444. The van der Waals surface area contributed by atoms with E-state index in [1.807, 2.05) is 0 Å². The maximum atomic E-state index is 11.1. The normalized spacial score (nSPS) is 11.0. The van der Waals surface area contributed by atoms with Crippen LogP contribution in [0.4, 0.5) is 0 Å². The molecule has 0 N–H and O–H groups in total. The largest absolute Gasteiger partial charge is 0.463 e. The van der Waals surface area contributed by atoms with Gasteiger partial charge in [0.15, 0.2) is 0 Å². The minimum atomic E-state index is -0.348. The standard InChI is InChI=1S/C9H14O3/c1-4-6-8(7-11-3)9(10)12-5-2/h4,6H,1,5,7H2,2-3H3. The van der Waals surface area contributed by atoms with Crippen molar-refractivity contribution >= 4 is 5.97 Å². The Morgan fingerprint density at radius 3 is 2.67 bits per heavy atom. The summed E-state index contributed by atoms with van der Waals surface area (Å²) in [5.41, 5.74) is 0.481. The van der Waals surface area contributed by atoms with Crippen LogP contribution in [-0.2, 0) is 14.3 Å². The van der Waals surface area contributed by atoms with Crippen molar-refractivity contribution in [3.05, 3.63) is 24.3 Å². The molecular formula is C9H14O3. The lowest BCUT2D eigenvalue weighted by molar-refractivity contribution is -0.139. The summed E-state index contributed by atoms with van der Waals surface area (Å²) in [4.78, 5) is 11.1. The SMILES string of the molecule is C=CC=C(COC)C(=O)OCC. The molecule has 0 saturated heterocycles. The Labute approximate surface area is 72.7 Å². The molecule has 0 aliphatic heterocycles. The van der Waals surface area contributed by atoms with E-state index in [9.17, 15) is 4.79 Å². The highest BCUT2D eigenvalue weighted by atomic mass is 16.5. The molecule has 0 rings (SSSR count). The first-order valence-electron chi connectivity index (χ1n) is 3.73. The van der Waals surface area contributed by atoms with Crippen LogP contribution in [0, 0.1) is 0 Å². The molecule has 3 nitrogen and oxygen atoms in total. The lowest BCUT2D eigenvalue weighted by atomic mass is 10.2. The minimum Gasteiger partial charge on any atom is -0.463 e. The predicted octanol–water partition coefficient (Wildman–Crippen LogP) is 1.31. The van der Waals surface area contributed by atoms with Crippen LogP contribution in [0.5, 0.6) is 0 Å². The molecule has 0 aromatic heterocycles. The Morgan fingerprint density at radius 2 is 2.25 bits per heavy atom. The molecule has 0 aliphatic carbocycles. The molecule has 12 heavy (non-hydrogen) atoms. The fourth-order valence-corrected chi connectivity index (χ4v) is 0.697. The van der Waals surface area contributed by atoms with E-state index in [4.69, 9.17) is 9.47 Å². The van der Waals surface area contributed by atoms with Crippen LogP contribution in [0.15, 0.2) is 24.3 Å². The number of hydrogen-bond acceptors (Lipinski definition) is 3. The second kappa shape index (κ2) is 6.61. The lowest BCUT2D eigenvalue weighted by Gasteiger charge is -2.04. The number of methoxy groups -OCH3 is 1. The third kappa shape index (κ3) is 3.93. The highest BCUT2D eigenvalue weighted by molar-refractivity contribution is 5.89. The quantitative estimate of drug-likeness (QED) is 0.354. The van der Waals surface area contributed by atoms with Crippen LogP contribution in [0.2, 0.25) is 0 Å². The third-order valence-electron chi connectivity index (χ3n) is 1.16. The molecule has 0 radical (unpaired) electrons. The van der Waals surface area contributed by atoms with Gasteiger partial charge in [0.25, 0.3) is 0 Å². The number of hydrogen-bond donors (Lipinski definition) is 0. The van der Waals surface area contributed by atoms with E-state index in [1.54, 1.807) is 13.0 Å². The molecule has 0 unspecified atom stereocenters. The Hall–Kier alpha value is -1.09. The summed E-state index contributed by atoms with van der Waals surface area (Å²) in [5, 5.41) is 0. The van der Waals surface area contributed by atoms with Crippen LogP contribution in [0.25, 0.3) is 0 Å². The second-order valence-electron chi connectivity index (χ2n) is 2.08. The van der Waals surface area contributed by atoms with Crippen molar-refractivity contribution in [3.8, 4) is 0 Å². The molecule has 0 saturated carbocycles. The van der Waals surface area contributed by atoms with E-state index in [1.165, 1.54) is 13.2 Å². The van der Waals surface area contributed by atoms with Gasteiger partial charge >= 0.3 is 5.97 Å². The van der Waals surface area contributed by atoms with Gasteiger partial charge in [0.05, 0.1) is 18.8 Å². The summed E-state index contributed by atoms with van der Waals surface area (Å²) >= 11 is 0. The van der Waals surface area contributed by atoms with Gasteiger partial charge in [-0.25, -0.2) is 4.79 Å². The maximum absolute atomic E-state index is 11.1. The lowest BCUT2D eigenvalue weighted by Crippen LogP contribution is -2.11. The van der Waals surface area contributed by atoms with E-state index >= 15 is 0 Å². The van der Waals surface area contributed by atoms with Gasteiger partial charge in [-0.15, -0.1) is 0 Å². The van der Waals surface area contributed by atoms with Gasteiger partial charge in [-0.2, -0.15) is 0 Å². The van der Waals surface area contributed by atoms with E-state index in [2.05, 4.69) is 6.58 Å². The van der Waals surface area contributed by atoms with E-state index in [0.29, 0.717) is 12.2 Å². The molecule has 3 heteroatoms. The first-order valence-corrected chi connectivity index (χ1v) is 3.73. The molecule has 0 amide bonds. The summed E-state index contributed by atoms with van der Waals surface area (Å²) in [6, 6.07) is 0. The molecular weight excluding hydrogens is 156 g/mol. The molecule has 0 aromatic rings. The van der Waals surface area contributed by atoms with Gasteiger partial charge in [-0.05, 0) is 6.92 Å². The molecule has 0 aliphatic rings. The van der Waals surface area contributed by atoms with Gasteiger partial charge < -0.3 is 9.47 Å². The third-order valence-corrected chi connectivity index (χ3v) is 1.16. The Kier molecular flexibility index (Phi) is 6.01. The highest BCUT2D eigenvalue weighted by Crippen LogP contribution is 1.98. The monoisotopic (exact) mass is 170 g/mol. The van der Waals surface area contributed by atoms with Gasteiger partial charge in [0.1, 0.15) is 0 Å². The van der Waals surface area contributed by atoms with Gasteiger partial charge in [-0.3, -0.25) is 0 Å². The molecule has 0 aromatic carbocycles. The van der Waals surface area contributed by atoms with Crippen molar-refractivity contribution in [2.75, 3.05) is 20.3 Å². The number of carbonyl (C=O) groups is 1. The molecule has 68 valence electrons. The number of carbonyl (C=O) groups excluding carboxylic acids is 1. The second-order valence-corrected chi connectivity index (χ2v) is 2.08. The van der Waals surface area contributed by atoms with Gasteiger partial charge in [-0.1, -0.05) is 18.7 Å². The van der Waals surface area contributed by atoms with Crippen LogP contribution >= 0.6 is 0 Å². The smallest absolute Gasteiger partial charge is 0.336 e. The van der Waals surface area contributed by atoms with Crippen molar-refractivity contribution in [3.63, 3.8) is 0 Å². The number of allylic oxidation sites excluding steroid dienone is 2. The number of ether oxygens (including phenoxy) is 2. The van der Waals surface area contributed by atoms with E-state index in [-0.39, 0.29) is 12.6 Å². The average molecular weight is 170 g/mol. The first kappa shape index (κ1) is 10.9. The zero-order valence-electron chi connectivity index (χ0n) is 7.50. The van der Waals surface area contributed by atoms with Crippen molar-refractivity contribution in [1.29, 1.82) is 0 Å². The highest BCUT2D eigenvalue weighted by Gasteiger charge is 2.07. The average Bonchev–Trinajstić information content (AvgIpc) is 2.04. The summed E-state index contributed by atoms with van der Waals surface area (Å²) in [6.07, 6.45) is 3.12. The topological polar surface area (TPSA) is 35.5 Å². The molecule has 0 atom stereocenters. The minimum absolute atomic E-state index is 0.255. The zero-order valence-corrected chi connectivity index (χ0v) is 7.50. The fourth-order valence-electron chi connectivity index (χ4n) is 0.697. The van der Waals surface area contributed by atoms with Crippen LogP contribution in [0.3, 0.4) is 0 Å². The zero-order chi connectivity index (χ0) is 9.40. The summed E-state index contributed by atoms with van der Waals surface area (Å²) in [7, 11) is 1.52.